The van der Waals surface area contributed by atoms with E-state index in [-0.39, 0.29) is 16.5 Å². The average molecular weight is 332 g/mol. The van der Waals surface area contributed by atoms with Gasteiger partial charge in [0, 0.05) is 11.1 Å². The maximum atomic E-state index is 12.5. The van der Waals surface area contributed by atoms with E-state index < -0.39 is 15.6 Å². The van der Waals surface area contributed by atoms with Gasteiger partial charge in [-0.15, -0.1) is 0 Å². The lowest BCUT2D eigenvalue weighted by Gasteiger charge is -2.21. The third kappa shape index (κ3) is 4.64. The third-order valence-electron chi connectivity index (χ3n) is 2.90. The zero-order valence-corrected chi connectivity index (χ0v) is 14.1. The molecular formula is C17H20N2O3S. The van der Waals surface area contributed by atoms with E-state index in [0.717, 1.165) is 0 Å². The van der Waals surface area contributed by atoms with E-state index in [2.05, 4.69) is 10.0 Å². The van der Waals surface area contributed by atoms with Crippen LogP contribution in [0.4, 0.5) is 5.69 Å². The lowest BCUT2D eigenvalue weighted by molar-refractivity contribution is 0.102. The van der Waals surface area contributed by atoms with Crippen LogP contribution in [0, 0.1) is 0 Å². The molecule has 0 atom stereocenters. The van der Waals surface area contributed by atoms with Crippen LogP contribution in [0.2, 0.25) is 0 Å². The summed E-state index contributed by atoms with van der Waals surface area (Å²) in [5.41, 5.74) is 0.0941. The fraction of sp³-hybridized carbons (Fsp3) is 0.235. The van der Waals surface area contributed by atoms with Crippen molar-refractivity contribution in [2.24, 2.45) is 0 Å². The van der Waals surface area contributed by atoms with Crippen LogP contribution in [0.25, 0.3) is 0 Å². The SMILES string of the molecule is CC(C)(C)NS(=O)(=O)c1ccccc1NC(=O)c1ccccc1. The molecule has 2 aromatic carbocycles. The van der Waals surface area contributed by atoms with Crippen LogP contribution < -0.4 is 10.0 Å². The predicted molar refractivity (Wildman–Crippen MR) is 90.9 cm³/mol. The highest BCUT2D eigenvalue weighted by Crippen LogP contribution is 2.22. The summed E-state index contributed by atoms with van der Waals surface area (Å²) in [6.45, 7) is 5.28. The lowest BCUT2D eigenvalue weighted by Crippen LogP contribution is -2.40. The van der Waals surface area contributed by atoms with E-state index in [1.54, 1.807) is 63.2 Å². The first kappa shape index (κ1) is 17.2. The van der Waals surface area contributed by atoms with Gasteiger partial charge in [0.25, 0.3) is 5.91 Å². The molecule has 0 aliphatic carbocycles. The summed E-state index contributed by atoms with van der Waals surface area (Å²) < 4.78 is 27.6. The van der Waals surface area contributed by atoms with Gasteiger partial charge >= 0.3 is 0 Å². The minimum absolute atomic E-state index is 0.0409. The highest BCUT2D eigenvalue weighted by Gasteiger charge is 2.25. The fourth-order valence-corrected chi connectivity index (χ4v) is 3.63. The van der Waals surface area contributed by atoms with Crippen LogP contribution in [0.15, 0.2) is 59.5 Å². The van der Waals surface area contributed by atoms with Gasteiger partial charge in [0.15, 0.2) is 0 Å². The van der Waals surface area contributed by atoms with Gasteiger partial charge in [-0.3, -0.25) is 4.79 Å². The number of rotatable bonds is 4. The summed E-state index contributed by atoms with van der Waals surface area (Å²) in [6, 6.07) is 15.0. The van der Waals surface area contributed by atoms with E-state index >= 15 is 0 Å². The second-order valence-electron chi connectivity index (χ2n) is 6.17. The predicted octanol–water partition coefficient (Wildman–Crippen LogP) is 3.02. The molecule has 6 heteroatoms. The summed E-state index contributed by atoms with van der Waals surface area (Å²) in [4.78, 5) is 12.3. The highest BCUT2D eigenvalue weighted by atomic mass is 32.2. The molecule has 0 spiro atoms. The standard InChI is InChI=1S/C17H20N2O3S/c1-17(2,3)19-23(21,22)15-12-8-7-11-14(15)18-16(20)13-9-5-4-6-10-13/h4-12,19H,1-3H3,(H,18,20). The average Bonchev–Trinajstić information content (AvgIpc) is 2.46. The van der Waals surface area contributed by atoms with Crippen molar-refractivity contribution in [3.05, 3.63) is 60.2 Å². The molecule has 122 valence electrons. The van der Waals surface area contributed by atoms with Crippen molar-refractivity contribution in [1.82, 2.24) is 4.72 Å². The molecule has 23 heavy (non-hydrogen) atoms. The molecule has 2 aromatic rings. The Kier molecular flexibility index (Phi) is 4.87. The van der Waals surface area contributed by atoms with E-state index in [4.69, 9.17) is 0 Å². The van der Waals surface area contributed by atoms with Gasteiger partial charge in [-0.05, 0) is 45.0 Å². The minimum atomic E-state index is -3.74. The number of para-hydroxylation sites is 1. The van der Waals surface area contributed by atoms with Gasteiger partial charge in [-0.1, -0.05) is 30.3 Å². The van der Waals surface area contributed by atoms with Gasteiger partial charge in [-0.2, -0.15) is 0 Å². The van der Waals surface area contributed by atoms with E-state index in [1.165, 1.54) is 6.07 Å². The maximum Gasteiger partial charge on any atom is 0.255 e. The number of benzene rings is 2. The zero-order valence-electron chi connectivity index (χ0n) is 13.3. The van der Waals surface area contributed by atoms with Crippen LogP contribution in [-0.2, 0) is 10.0 Å². The summed E-state index contributed by atoms with van der Waals surface area (Å²) in [7, 11) is -3.74. The van der Waals surface area contributed by atoms with Crippen molar-refractivity contribution in [2.75, 3.05) is 5.32 Å². The molecule has 0 saturated carbocycles. The van der Waals surface area contributed by atoms with Gasteiger partial charge in [0.2, 0.25) is 10.0 Å². The van der Waals surface area contributed by atoms with Crippen molar-refractivity contribution < 1.29 is 13.2 Å². The summed E-state index contributed by atoms with van der Waals surface area (Å²) in [5.74, 6) is -0.357. The Morgan fingerprint density at radius 2 is 1.48 bits per heavy atom. The van der Waals surface area contributed by atoms with E-state index in [0.29, 0.717) is 5.56 Å². The second-order valence-corrected chi connectivity index (χ2v) is 7.82. The van der Waals surface area contributed by atoms with Crippen LogP contribution in [0.5, 0.6) is 0 Å². The first-order chi connectivity index (χ1) is 10.7. The molecule has 0 heterocycles. The smallest absolute Gasteiger partial charge is 0.255 e. The Labute approximate surface area is 136 Å². The molecule has 0 aliphatic rings. The minimum Gasteiger partial charge on any atom is -0.321 e. The lowest BCUT2D eigenvalue weighted by atomic mass is 10.1. The summed E-state index contributed by atoms with van der Waals surface area (Å²) in [6.07, 6.45) is 0. The molecular weight excluding hydrogens is 312 g/mol. The van der Waals surface area contributed by atoms with Crippen molar-refractivity contribution in [3.63, 3.8) is 0 Å². The normalized spacial score (nSPS) is 12.0. The first-order valence-electron chi connectivity index (χ1n) is 7.18. The monoisotopic (exact) mass is 332 g/mol. The second kappa shape index (κ2) is 6.52. The Balaban J connectivity index is 2.33. The number of hydrogen-bond acceptors (Lipinski definition) is 3. The van der Waals surface area contributed by atoms with Crippen molar-refractivity contribution >= 4 is 21.6 Å². The quantitative estimate of drug-likeness (QED) is 0.904. The van der Waals surface area contributed by atoms with E-state index in [9.17, 15) is 13.2 Å². The number of nitrogens with one attached hydrogen (secondary N) is 2. The first-order valence-corrected chi connectivity index (χ1v) is 8.67. The molecule has 2 rings (SSSR count). The number of carbonyl (C=O) groups is 1. The highest BCUT2D eigenvalue weighted by molar-refractivity contribution is 7.89. The van der Waals surface area contributed by atoms with Gasteiger partial charge in [-0.25, -0.2) is 13.1 Å². The molecule has 0 saturated heterocycles. The molecule has 1 amide bonds. The number of hydrogen-bond donors (Lipinski definition) is 2. The summed E-state index contributed by atoms with van der Waals surface area (Å²) in [5, 5.41) is 2.66. The van der Waals surface area contributed by atoms with Gasteiger partial charge in [0.05, 0.1) is 5.69 Å². The molecule has 0 bridgehead atoms. The molecule has 0 radical (unpaired) electrons. The molecule has 0 unspecified atom stereocenters. The van der Waals surface area contributed by atoms with Gasteiger partial charge in [0.1, 0.15) is 4.90 Å². The van der Waals surface area contributed by atoms with Crippen LogP contribution in [0.3, 0.4) is 0 Å². The molecule has 5 nitrogen and oxygen atoms in total. The molecule has 0 aliphatic heterocycles. The van der Waals surface area contributed by atoms with Crippen molar-refractivity contribution in [3.8, 4) is 0 Å². The fourth-order valence-electron chi connectivity index (χ4n) is 2.05. The molecule has 0 fully saturated rings. The Morgan fingerprint density at radius 3 is 2.09 bits per heavy atom. The Hall–Kier alpha value is -2.18. The van der Waals surface area contributed by atoms with Crippen LogP contribution >= 0.6 is 0 Å². The number of anilines is 1. The van der Waals surface area contributed by atoms with Crippen molar-refractivity contribution in [1.29, 1.82) is 0 Å². The van der Waals surface area contributed by atoms with Crippen molar-refractivity contribution in [2.45, 2.75) is 31.2 Å². The number of amides is 1. The molecule has 0 aromatic heterocycles. The molecule has 2 N–H and O–H groups in total. The van der Waals surface area contributed by atoms with E-state index in [1.807, 2.05) is 6.07 Å². The van der Waals surface area contributed by atoms with Crippen LogP contribution in [-0.4, -0.2) is 19.9 Å². The largest absolute Gasteiger partial charge is 0.321 e. The maximum absolute atomic E-state index is 12.5. The number of carbonyl (C=O) groups excluding carboxylic acids is 1. The number of sulfonamides is 1. The summed E-state index contributed by atoms with van der Waals surface area (Å²) >= 11 is 0. The third-order valence-corrected chi connectivity index (χ3v) is 4.72. The Morgan fingerprint density at radius 1 is 0.913 bits per heavy atom. The Bertz CT molecular complexity index is 794. The van der Waals surface area contributed by atoms with Crippen LogP contribution in [0.1, 0.15) is 31.1 Å². The topological polar surface area (TPSA) is 75.3 Å². The zero-order chi connectivity index (χ0) is 17.1. The van der Waals surface area contributed by atoms with Gasteiger partial charge < -0.3 is 5.32 Å².